The largest absolute Gasteiger partial charge is 0.494 e. The summed E-state index contributed by atoms with van der Waals surface area (Å²) in [4.78, 5) is 21.8. The number of hydrogen-bond donors (Lipinski definition) is 0. The van der Waals surface area contributed by atoms with Crippen molar-refractivity contribution in [2.75, 3.05) is 39.2 Å². The number of aryl methyl sites for hydroxylation is 1. The molecule has 3 rings (SSSR count). The van der Waals surface area contributed by atoms with Crippen LogP contribution in [0.5, 0.6) is 5.75 Å². The van der Waals surface area contributed by atoms with Crippen molar-refractivity contribution in [3.05, 3.63) is 52.0 Å². The number of likely N-dealkylation sites (N-methyl/N-ethyl adjacent to an activating group) is 1. The first-order valence-corrected chi connectivity index (χ1v) is 10.2. The van der Waals surface area contributed by atoms with Crippen molar-refractivity contribution in [1.82, 2.24) is 9.88 Å². The Morgan fingerprint density at radius 1 is 1.14 bits per heavy atom. The van der Waals surface area contributed by atoms with Gasteiger partial charge < -0.3 is 9.64 Å². The molecule has 0 spiro atoms. The number of carbonyl (C=O) groups is 1. The molecule has 150 valence electrons. The Morgan fingerprint density at radius 3 is 2.43 bits per heavy atom. The summed E-state index contributed by atoms with van der Waals surface area (Å²) in [5, 5.41) is 0.687. The maximum atomic E-state index is 13.2. The molecule has 0 N–H and O–H groups in total. The van der Waals surface area contributed by atoms with Gasteiger partial charge in [0.1, 0.15) is 11.3 Å². The van der Waals surface area contributed by atoms with Crippen LogP contribution in [-0.2, 0) is 0 Å². The van der Waals surface area contributed by atoms with Gasteiger partial charge in [-0.3, -0.25) is 9.69 Å². The Balaban J connectivity index is 0.00000280. The van der Waals surface area contributed by atoms with Gasteiger partial charge in [-0.15, -0.1) is 12.4 Å². The highest BCUT2D eigenvalue weighted by Gasteiger charge is 2.23. The van der Waals surface area contributed by atoms with Gasteiger partial charge in [-0.05, 0) is 56.9 Å². The zero-order chi connectivity index (χ0) is 19.6. The zero-order valence-corrected chi connectivity index (χ0v) is 19.4. The van der Waals surface area contributed by atoms with Crippen molar-refractivity contribution in [1.29, 1.82) is 0 Å². The molecule has 1 heterocycles. The molecule has 0 aliphatic heterocycles. The van der Waals surface area contributed by atoms with Crippen LogP contribution in [0.4, 0.5) is 5.13 Å². The first-order chi connectivity index (χ1) is 12.9. The minimum Gasteiger partial charge on any atom is -0.494 e. The molecular formula is C20H23BrClN3O2S. The fraction of sp³-hybridized carbons (Fsp3) is 0.300. The van der Waals surface area contributed by atoms with Crippen molar-refractivity contribution in [2.24, 2.45) is 0 Å². The van der Waals surface area contributed by atoms with Crippen molar-refractivity contribution < 1.29 is 9.53 Å². The highest BCUT2D eigenvalue weighted by Crippen LogP contribution is 2.36. The predicted molar refractivity (Wildman–Crippen MR) is 123 cm³/mol. The van der Waals surface area contributed by atoms with Crippen LogP contribution in [0.1, 0.15) is 15.9 Å². The summed E-state index contributed by atoms with van der Waals surface area (Å²) < 4.78 is 7.45. The smallest absolute Gasteiger partial charge is 0.260 e. The van der Waals surface area contributed by atoms with Gasteiger partial charge in [0.25, 0.3) is 5.91 Å². The minimum absolute atomic E-state index is 0. The van der Waals surface area contributed by atoms with Crippen molar-refractivity contribution >= 4 is 60.9 Å². The maximum Gasteiger partial charge on any atom is 0.260 e. The molecule has 0 unspecified atom stereocenters. The quantitative estimate of drug-likeness (QED) is 0.493. The molecule has 0 saturated heterocycles. The topological polar surface area (TPSA) is 45.7 Å². The predicted octanol–water partition coefficient (Wildman–Crippen LogP) is 5.01. The van der Waals surface area contributed by atoms with Gasteiger partial charge >= 0.3 is 0 Å². The Bertz CT molecular complexity index is 960. The van der Waals surface area contributed by atoms with Crippen LogP contribution in [0.2, 0.25) is 0 Å². The van der Waals surface area contributed by atoms with E-state index in [2.05, 4.69) is 20.8 Å². The van der Waals surface area contributed by atoms with Gasteiger partial charge in [-0.25, -0.2) is 4.98 Å². The van der Waals surface area contributed by atoms with Crippen LogP contribution >= 0.6 is 39.7 Å². The lowest BCUT2D eigenvalue weighted by Gasteiger charge is -2.22. The number of ether oxygens (including phenoxy) is 1. The van der Waals surface area contributed by atoms with Crippen LogP contribution in [0.15, 0.2) is 40.9 Å². The molecule has 0 atom stereocenters. The molecule has 3 aromatic rings. The first-order valence-electron chi connectivity index (χ1n) is 8.57. The Kier molecular flexibility index (Phi) is 7.83. The standard InChI is InChI=1S/C20H22BrN3O2S.ClH/c1-13-5-10-16(26-4)17-18(13)27-20(22-17)24(12-11-23(2)3)19(25)14-6-8-15(21)9-7-14;/h5-10H,11-12H2,1-4H3;1H. The molecule has 0 aliphatic rings. The summed E-state index contributed by atoms with van der Waals surface area (Å²) >= 11 is 4.94. The molecule has 1 amide bonds. The number of amides is 1. The third-order valence-electron chi connectivity index (χ3n) is 4.25. The first kappa shape index (κ1) is 22.6. The second-order valence-corrected chi connectivity index (χ2v) is 8.42. The zero-order valence-electron chi connectivity index (χ0n) is 16.2. The van der Waals surface area contributed by atoms with E-state index in [1.54, 1.807) is 12.0 Å². The number of aromatic nitrogens is 1. The lowest BCUT2D eigenvalue weighted by Crippen LogP contribution is -2.36. The Morgan fingerprint density at radius 2 is 1.82 bits per heavy atom. The van der Waals surface area contributed by atoms with E-state index in [1.165, 1.54) is 11.3 Å². The van der Waals surface area contributed by atoms with Gasteiger partial charge in [0, 0.05) is 23.1 Å². The van der Waals surface area contributed by atoms with E-state index < -0.39 is 0 Å². The highest BCUT2D eigenvalue weighted by molar-refractivity contribution is 9.10. The molecule has 0 fully saturated rings. The van der Waals surface area contributed by atoms with Crippen molar-refractivity contribution in [3.63, 3.8) is 0 Å². The second-order valence-electron chi connectivity index (χ2n) is 6.53. The average molecular weight is 485 g/mol. The van der Waals surface area contributed by atoms with E-state index in [0.29, 0.717) is 17.2 Å². The number of fused-ring (bicyclic) bond motifs is 1. The van der Waals surface area contributed by atoms with E-state index in [-0.39, 0.29) is 18.3 Å². The Hall–Kier alpha value is -1.67. The van der Waals surface area contributed by atoms with Crippen molar-refractivity contribution in [2.45, 2.75) is 6.92 Å². The number of benzene rings is 2. The number of rotatable bonds is 6. The normalized spacial score (nSPS) is 10.8. The highest BCUT2D eigenvalue weighted by atomic mass is 79.9. The summed E-state index contributed by atoms with van der Waals surface area (Å²) in [5.74, 6) is 0.668. The lowest BCUT2D eigenvalue weighted by atomic mass is 10.2. The number of carbonyl (C=O) groups excluding carboxylic acids is 1. The minimum atomic E-state index is -0.0555. The maximum absolute atomic E-state index is 13.2. The van der Waals surface area contributed by atoms with Gasteiger partial charge in [-0.2, -0.15) is 0 Å². The fourth-order valence-electron chi connectivity index (χ4n) is 2.71. The Labute approximate surface area is 183 Å². The number of halogens is 2. The molecule has 0 radical (unpaired) electrons. The molecule has 28 heavy (non-hydrogen) atoms. The lowest BCUT2D eigenvalue weighted by molar-refractivity contribution is 0.0985. The number of nitrogens with zero attached hydrogens (tertiary/aromatic N) is 3. The summed E-state index contributed by atoms with van der Waals surface area (Å²) in [6.07, 6.45) is 0. The monoisotopic (exact) mass is 483 g/mol. The summed E-state index contributed by atoms with van der Waals surface area (Å²) in [6.45, 7) is 3.35. The summed E-state index contributed by atoms with van der Waals surface area (Å²) in [7, 11) is 5.63. The molecule has 5 nitrogen and oxygen atoms in total. The fourth-order valence-corrected chi connectivity index (χ4v) is 4.05. The molecule has 8 heteroatoms. The van der Waals surface area contributed by atoms with E-state index in [0.717, 1.165) is 32.5 Å². The van der Waals surface area contributed by atoms with E-state index in [9.17, 15) is 4.79 Å². The number of thiazole rings is 1. The molecule has 1 aromatic heterocycles. The van der Waals surface area contributed by atoms with Gasteiger partial charge in [-0.1, -0.05) is 33.3 Å². The van der Waals surface area contributed by atoms with E-state index in [1.807, 2.05) is 57.4 Å². The van der Waals surface area contributed by atoms with E-state index in [4.69, 9.17) is 9.72 Å². The van der Waals surface area contributed by atoms with Crippen LogP contribution in [0, 0.1) is 6.92 Å². The van der Waals surface area contributed by atoms with Crippen molar-refractivity contribution in [3.8, 4) is 5.75 Å². The third kappa shape index (κ3) is 4.84. The van der Waals surface area contributed by atoms with E-state index >= 15 is 0 Å². The number of methoxy groups -OCH3 is 1. The number of anilines is 1. The summed E-state index contributed by atoms with van der Waals surface area (Å²) in [5.41, 5.74) is 2.56. The average Bonchev–Trinajstić information content (AvgIpc) is 3.08. The molecule has 0 aliphatic carbocycles. The second kappa shape index (κ2) is 9.69. The number of hydrogen-bond acceptors (Lipinski definition) is 5. The van der Waals surface area contributed by atoms with Gasteiger partial charge in [0.2, 0.25) is 0 Å². The molecule has 0 saturated carbocycles. The summed E-state index contributed by atoms with van der Waals surface area (Å²) in [6, 6.07) is 11.3. The van der Waals surface area contributed by atoms with Crippen LogP contribution in [0.25, 0.3) is 10.2 Å². The van der Waals surface area contributed by atoms with Gasteiger partial charge in [0.05, 0.1) is 11.8 Å². The SMILES string of the molecule is COc1ccc(C)c2sc(N(CCN(C)C)C(=O)c3ccc(Br)cc3)nc12.Cl. The van der Waals surface area contributed by atoms with Crippen LogP contribution in [0.3, 0.4) is 0 Å². The third-order valence-corrected chi connectivity index (χ3v) is 5.99. The molecular weight excluding hydrogens is 462 g/mol. The molecule has 0 bridgehead atoms. The molecule has 2 aromatic carbocycles. The van der Waals surface area contributed by atoms with Crippen LogP contribution in [-0.4, -0.2) is 50.1 Å². The van der Waals surface area contributed by atoms with Crippen LogP contribution < -0.4 is 9.64 Å². The van der Waals surface area contributed by atoms with Gasteiger partial charge in [0.15, 0.2) is 5.13 Å².